The minimum absolute atomic E-state index is 0.669. The molecule has 17 heavy (non-hydrogen) atoms. The van der Waals surface area contributed by atoms with E-state index in [9.17, 15) is 0 Å². The summed E-state index contributed by atoms with van der Waals surface area (Å²) >= 11 is 0. The monoisotopic (exact) mass is 238 g/mol. The van der Waals surface area contributed by atoms with Crippen LogP contribution in [-0.4, -0.2) is 0 Å². The van der Waals surface area contributed by atoms with Crippen molar-refractivity contribution >= 4 is 0 Å². The van der Waals surface area contributed by atoms with Crippen molar-refractivity contribution in [2.45, 2.75) is 86.0 Å². The fourth-order valence-corrected chi connectivity index (χ4v) is 4.21. The van der Waals surface area contributed by atoms with E-state index < -0.39 is 0 Å². The Kier molecular flexibility index (Phi) is 6.03. The summed E-state index contributed by atoms with van der Waals surface area (Å²) in [6.45, 7) is 12.1. The molecule has 0 bridgehead atoms. The number of hydrogen-bond acceptors (Lipinski definition) is 0. The van der Waals surface area contributed by atoms with Crippen LogP contribution in [0.2, 0.25) is 0 Å². The minimum atomic E-state index is 0.669. The van der Waals surface area contributed by atoms with Gasteiger partial charge in [0, 0.05) is 0 Å². The van der Waals surface area contributed by atoms with E-state index in [4.69, 9.17) is 0 Å². The number of rotatable bonds is 8. The van der Waals surface area contributed by atoms with E-state index in [1.165, 1.54) is 51.4 Å². The summed E-state index contributed by atoms with van der Waals surface area (Å²) < 4.78 is 0. The third-order valence-corrected chi connectivity index (χ3v) is 5.60. The van der Waals surface area contributed by atoms with Gasteiger partial charge in [0.25, 0.3) is 0 Å². The third kappa shape index (κ3) is 3.26. The normalized spacial score (nSPS) is 34.4. The van der Waals surface area contributed by atoms with Gasteiger partial charge in [-0.3, -0.25) is 0 Å². The fourth-order valence-electron chi connectivity index (χ4n) is 4.21. The van der Waals surface area contributed by atoms with Gasteiger partial charge in [0.2, 0.25) is 0 Å². The van der Waals surface area contributed by atoms with Crippen LogP contribution < -0.4 is 0 Å². The van der Waals surface area contributed by atoms with Crippen molar-refractivity contribution in [3.63, 3.8) is 0 Å². The maximum absolute atomic E-state index is 2.57. The van der Waals surface area contributed by atoms with Crippen LogP contribution in [0.25, 0.3) is 0 Å². The maximum atomic E-state index is 2.57. The van der Waals surface area contributed by atoms with Crippen LogP contribution in [0.5, 0.6) is 0 Å². The fraction of sp³-hybridized carbons (Fsp3) is 1.00. The third-order valence-electron chi connectivity index (χ3n) is 5.60. The molecule has 0 aromatic rings. The first-order valence-electron chi connectivity index (χ1n) is 8.10. The molecule has 4 atom stereocenters. The molecule has 1 aliphatic carbocycles. The van der Waals surface area contributed by atoms with Gasteiger partial charge in [-0.1, -0.05) is 79.6 Å². The first-order chi connectivity index (χ1) is 8.10. The van der Waals surface area contributed by atoms with Gasteiger partial charge in [0.15, 0.2) is 0 Å². The van der Waals surface area contributed by atoms with E-state index in [0.29, 0.717) is 5.41 Å². The molecule has 1 saturated carbocycles. The van der Waals surface area contributed by atoms with Gasteiger partial charge < -0.3 is 0 Å². The van der Waals surface area contributed by atoms with Crippen molar-refractivity contribution in [1.82, 2.24) is 0 Å². The zero-order valence-electron chi connectivity index (χ0n) is 12.9. The largest absolute Gasteiger partial charge is 0.0654 e. The molecular weight excluding hydrogens is 204 g/mol. The second kappa shape index (κ2) is 6.81. The molecule has 0 aliphatic heterocycles. The Labute approximate surface area is 110 Å². The lowest BCUT2D eigenvalue weighted by Gasteiger charge is -2.57. The maximum Gasteiger partial charge on any atom is -0.0267 e. The standard InChI is InChI=1S/C17H34/c1-6-9-11-14(4)17(5)13-15(12-10-7-2)16(17)8-3/h14-16H,6-13H2,1-5H3. The van der Waals surface area contributed by atoms with Gasteiger partial charge in [-0.25, -0.2) is 0 Å². The van der Waals surface area contributed by atoms with Gasteiger partial charge in [0.1, 0.15) is 0 Å². The van der Waals surface area contributed by atoms with Crippen LogP contribution in [0.15, 0.2) is 0 Å². The van der Waals surface area contributed by atoms with E-state index >= 15 is 0 Å². The quantitative estimate of drug-likeness (QED) is 0.482. The SMILES string of the molecule is CCCCC1CC(C)(C(C)CCCC)C1CC. The van der Waals surface area contributed by atoms with Crippen molar-refractivity contribution in [2.24, 2.45) is 23.2 Å². The molecule has 1 fully saturated rings. The Morgan fingerprint density at radius 1 is 1.12 bits per heavy atom. The molecule has 0 spiro atoms. The predicted molar refractivity (Wildman–Crippen MR) is 78.2 cm³/mol. The van der Waals surface area contributed by atoms with Crippen LogP contribution in [0, 0.1) is 23.2 Å². The summed E-state index contributed by atoms with van der Waals surface area (Å²) in [6, 6.07) is 0. The summed E-state index contributed by atoms with van der Waals surface area (Å²) in [6.07, 6.45) is 11.5. The highest BCUT2D eigenvalue weighted by molar-refractivity contribution is 5.00. The molecule has 0 radical (unpaired) electrons. The van der Waals surface area contributed by atoms with E-state index in [1.54, 1.807) is 0 Å². The zero-order valence-corrected chi connectivity index (χ0v) is 12.9. The highest BCUT2D eigenvalue weighted by Gasteiger charge is 2.50. The van der Waals surface area contributed by atoms with Crippen molar-refractivity contribution in [3.05, 3.63) is 0 Å². The molecule has 0 nitrogen and oxygen atoms in total. The van der Waals surface area contributed by atoms with Crippen LogP contribution in [0.3, 0.4) is 0 Å². The van der Waals surface area contributed by atoms with Crippen LogP contribution in [0.4, 0.5) is 0 Å². The molecule has 1 rings (SSSR count). The summed E-state index contributed by atoms with van der Waals surface area (Å²) in [4.78, 5) is 0. The molecule has 4 unspecified atom stereocenters. The Hall–Kier alpha value is 0. The lowest BCUT2D eigenvalue weighted by Crippen LogP contribution is -2.49. The number of unbranched alkanes of at least 4 members (excludes halogenated alkanes) is 2. The molecule has 1 aliphatic rings. The summed E-state index contributed by atoms with van der Waals surface area (Å²) in [5, 5.41) is 0. The minimum Gasteiger partial charge on any atom is -0.0654 e. The van der Waals surface area contributed by atoms with E-state index in [0.717, 1.165) is 17.8 Å². The van der Waals surface area contributed by atoms with Crippen LogP contribution in [-0.2, 0) is 0 Å². The Balaban J connectivity index is 2.48. The highest BCUT2D eigenvalue weighted by Crippen LogP contribution is 2.59. The predicted octanol–water partition coefficient (Wildman–Crippen LogP) is 6.06. The topological polar surface area (TPSA) is 0 Å². The Bertz CT molecular complexity index is 208. The van der Waals surface area contributed by atoms with Gasteiger partial charge in [-0.15, -0.1) is 0 Å². The molecule has 102 valence electrons. The molecule has 0 saturated heterocycles. The highest BCUT2D eigenvalue weighted by atomic mass is 14.6. The molecule has 0 heterocycles. The molecule has 0 aromatic carbocycles. The smallest absolute Gasteiger partial charge is 0.0267 e. The second-order valence-corrected chi connectivity index (χ2v) is 6.67. The van der Waals surface area contributed by atoms with E-state index in [-0.39, 0.29) is 0 Å². The van der Waals surface area contributed by atoms with Gasteiger partial charge in [0.05, 0.1) is 0 Å². The second-order valence-electron chi connectivity index (χ2n) is 6.67. The Morgan fingerprint density at radius 3 is 2.29 bits per heavy atom. The Morgan fingerprint density at radius 2 is 1.76 bits per heavy atom. The average Bonchev–Trinajstić information content (AvgIpc) is 2.31. The molecule has 0 heteroatoms. The van der Waals surface area contributed by atoms with Crippen molar-refractivity contribution in [3.8, 4) is 0 Å². The average molecular weight is 238 g/mol. The summed E-state index contributed by atoms with van der Waals surface area (Å²) in [7, 11) is 0. The van der Waals surface area contributed by atoms with E-state index in [2.05, 4.69) is 34.6 Å². The lowest BCUT2D eigenvalue weighted by atomic mass is 9.48. The zero-order chi connectivity index (χ0) is 12.9. The van der Waals surface area contributed by atoms with Crippen molar-refractivity contribution in [1.29, 1.82) is 0 Å². The summed E-state index contributed by atoms with van der Waals surface area (Å²) in [5.41, 5.74) is 0.669. The molecular formula is C17H34. The van der Waals surface area contributed by atoms with Gasteiger partial charge in [-0.2, -0.15) is 0 Å². The molecule has 0 aromatic heterocycles. The molecule has 0 N–H and O–H groups in total. The van der Waals surface area contributed by atoms with Crippen LogP contribution >= 0.6 is 0 Å². The van der Waals surface area contributed by atoms with Crippen molar-refractivity contribution in [2.75, 3.05) is 0 Å². The summed E-state index contributed by atoms with van der Waals surface area (Å²) in [5.74, 6) is 3.00. The molecule has 0 amide bonds. The lowest BCUT2D eigenvalue weighted by molar-refractivity contribution is -0.0800. The van der Waals surface area contributed by atoms with Crippen molar-refractivity contribution < 1.29 is 0 Å². The van der Waals surface area contributed by atoms with Gasteiger partial charge in [-0.05, 0) is 29.6 Å². The van der Waals surface area contributed by atoms with Gasteiger partial charge >= 0.3 is 0 Å². The van der Waals surface area contributed by atoms with E-state index in [1.807, 2.05) is 0 Å². The number of hydrogen-bond donors (Lipinski definition) is 0. The van der Waals surface area contributed by atoms with Crippen LogP contribution in [0.1, 0.15) is 86.0 Å². The first-order valence-corrected chi connectivity index (χ1v) is 8.10. The first kappa shape index (κ1) is 15.1.